The van der Waals surface area contributed by atoms with Gasteiger partial charge in [-0.3, -0.25) is 0 Å². The van der Waals surface area contributed by atoms with Crippen molar-refractivity contribution in [2.45, 2.75) is 19.2 Å². The summed E-state index contributed by atoms with van der Waals surface area (Å²) in [6.45, 7) is 1.35. The molecule has 0 aliphatic rings. The number of alkyl halides is 1. The molecule has 2 N–H and O–H groups in total. The van der Waals surface area contributed by atoms with Gasteiger partial charge in [-0.05, 0) is 24.1 Å². The van der Waals surface area contributed by atoms with Crippen LogP contribution in [-0.2, 0) is 4.79 Å². The Hall–Kier alpha value is -1.42. The molecule has 2 atom stereocenters. The molecule has 3 nitrogen and oxygen atoms in total. The van der Waals surface area contributed by atoms with Crippen LogP contribution in [0.5, 0.6) is 0 Å². The maximum absolute atomic E-state index is 12.8. The van der Waals surface area contributed by atoms with Crippen LogP contribution in [0.2, 0.25) is 0 Å². The van der Waals surface area contributed by atoms with Gasteiger partial charge in [-0.25, -0.2) is 9.18 Å². The Balaban J connectivity index is 2.99. The topological polar surface area (TPSA) is 57.5 Å². The van der Waals surface area contributed by atoms with E-state index in [4.69, 9.17) is 5.11 Å². The van der Waals surface area contributed by atoms with Gasteiger partial charge in [-0.15, -0.1) is 0 Å². The molecule has 76 valence electrons. The summed E-state index contributed by atoms with van der Waals surface area (Å²) in [6.07, 6.45) is -2.76. The first-order chi connectivity index (χ1) is 6.52. The van der Waals surface area contributed by atoms with E-state index < -0.39 is 18.2 Å². The summed E-state index contributed by atoms with van der Waals surface area (Å²) in [6, 6.07) is 5.86. The minimum Gasteiger partial charge on any atom is -0.479 e. The molecule has 0 saturated carbocycles. The van der Waals surface area contributed by atoms with Crippen LogP contribution in [0.1, 0.15) is 30.3 Å². The predicted molar refractivity (Wildman–Crippen MR) is 48.6 cm³/mol. The number of halogens is 1. The van der Waals surface area contributed by atoms with Crippen LogP contribution < -0.4 is 0 Å². The molecule has 0 heterocycles. The number of rotatable bonds is 3. The van der Waals surface area contributed by atoms with Crippen molar-refractivity contribution < 1.29 is 19.4 Å². The molecule has 14 heavy (non-hydrogen) atoms. The smallest absolute Gasteiger partial charge is 0.337 e. The molecule has 2 unspecified atom stereocenters. The fourth-order valence-electron chi connectivity index (χ4n) is 1.12. The molecule has 0 spiro atoms. The van der Waals surface area contributed by atoms with Crippen LogP contribution in [0, 0.1) is 0 Å². The van der Waals surface area contributed by atoms with E-state index in [-0.39, 0.29) is 5.56 Å². The van der Waals surface area contributed by atoms with Crippen molar-refractivity contribution in [2.24, 2.45) is 0 Å². The summed E-state index contributed by atoms with van der Waals surface area (Å²) in [5.74, 6) is -1.34. The van der Waals surface area contributed by atoms with Gasteiger partial charge in [0.1, 0.15) is 6.17 Å². The normalized spacial score (nSPS) is 14.8. The number of carboxylic acids is 1. The molecule has 0 saturated heterocycles. The van der Waals surface area contributed by atoms with Crippen molar-refractivity contribution in [3.05, 3.63) is 35.4 Å². The van der Waals surface area contributed by atoms with Gasteiger partial charge in [0.05, 0.1) is 0 Å². The van der Waals surface area contributed by atoms with E-state index in [1.54, 1.807) is 6.07 Å². The molecular weight excluding hydrogens is 187 g/mol. The minimum atomic E-state index is -1.59. The lowest BCUT2D eigenvalue weighted by Gasteiger charge is -2.08. The van der Waals surface area contributed by atoms with Crippen molar-refractivity contribution in [1.82, 2.24) is 0 Å². The molecule has 0 amide bonds. The summed E-state index contributed by atoms with van der Waals surface area (Å²) >= 11 is 0. The van der Waals surface area contributed by atoms with E-state index in [1.807, 2.05) is 0 Å². The molecule has 0 aromatic heterocycles. The third kappa shape index (κ3) is 2.29. The Morgan fingerprint density at radius 3 is 2.50 bits per heavy atom. The molecule has 0 radical (unpaired) electrons. The van der Waals surface area contributed by atoms with Crippen molar-refractivity contribution in [3.8, 4) is 0 Å². The lowest BCUT2D eigenvalue weighted by Crippen LogP contribution is -2.10. The van der Waals surface area contributed by atoms with Gasteiger partial charge in [0.25, 0.3) is 0 Å². The van der Waals surface area contributed by atoms with Gasteiger partial charge in [-0.1, -0.05) is 18.2 Å². The van der Waals surface area contributed by atoms with Crippen LogP contribution in [0.25, 0.3) is 0 Å². The summed E-state index contributed by atoms with van der Waals surface area (Å²) in [4.78, 5) is 10.4. The monoisotopic (exact) mass is 198 g/mol. The standard InChI is InChI=1S/C10H11FO3/c1-6(11)7-3-2-4-8(5-7)9(12)10(13)14/h2-6,9,12H,1H3,(H,13,14). The van der Waals surface area contributed by atoms with Crippen LogP contribution in [0.4, 0.5) is 4.39 Å². The Bertz CT molecular complexity index is 336. The van der Waals surface area contributed by atoms with Crippen LogP contribution in [-0.4, -0.2) is 16.2 Å². The van der Waals surface area contributed by atoms with Crippen LogP contribution >= 0.6 is 0 Å². The van der Waals surface area contributed by atoms with E-state index >= 15 is 0 Å². The molecule has 1 rings (SSSR count). The summed E-state index contributed by atoms with van der Waals surface area (Å²) < 4.78 is 12.8. The molecule has 0 aliphatic carbocycles. The number of carboxylic acid groups (broad SMARTS) is 1. The third-order valence-corrected chi connectivity index (χ3v) is 1.92. The molecule has 0 bridgehead atoms. The summed E-state index contributed by atoms with van der Waals surface area (Å²) in [5, 5.41) is 17.7. The highest BCUT2D eigenvalue weighted by molar-refractivity contribution is 5.74. The lowest BCUT2D eigenvalue weighted by atomic mass is 10.0. The zero-order valence-corrected chi connectivity index (χ0v) is 7.64. The Morgan fingerprint density at radius 2 is 2.00 bits per heavy atom. The van der Waals surface area contributed by atoms with Gasteiger partial charge in [-0.2, -0.15) is 0 Å². The highest BCUT2D eigenvalue weighted by Crippen LogP contribution is 2.21. The van der Waals surface area contributed by atoms with Gasteiger partial charge >= 0.3 is 5.97 Å². The second-order valence-corrected chi connectivity index (χ2v) is 3.03. The second-order valence-electron chi connectivity index (χ2n) is 3.03. The number of hydrogen-bond donors (Lipinski definition) is 2. The number of benzene rings is 1. The van der Waals surface area contributed by atoms with Crippen molar-refractivity contribution in [3.63, 3.8) is 0 Å². The Morgan fingerprint density at radius 1 is 1.43 bits per heavy atom. The van der Waals surface area contributed by atoms with E-state index in [2.05, 4.69) is 0 Å². The van der Waals surface area contributed by atoms with Gasteiger partial charge < -0.3 is 10.2 Å². The maximum atomic E-state index is 12.8. The second kappa shape index (κ2) is 4.19. The van der Waals surface area contributed by atoms with Crippen LogP contribution in [0.15, 0.2) is 24.3 Å². The largest absolute Gasteiger partial charge is 0.479 e. The third-order valence-electron chi connectivity index (χ3n) is 1.92. The fourth-order valence-corrected chi connectivity index (χ4v) is 1.12. The minimum absolute atomic E-state index is 0.194. The van der Waals surface area contributed by atoms with Gasteiger partial charge in [0.2, 0.25) is 0 Å². The highest BCUT2D eigenvalue weighted by atomic mass is 19.1. The van der Waals surface area contributed by atoms with E-state index in [1.165, 1.54) is 25.1 Å². The number of aliphatic hydroxyl groups excluding tert-OH is 1. The highest BCUT2D eigenvalue weighted by Gasteiger charge is 2.16. The zero-order chi connectivity index (χ0) is 10.7. The SMILES string of the molecule is CC(F)c1cccc(C(O)C(=O)O)c1. The van der Waals surface area contributed by atoms with E-state index in [9.17, 15) is 14.3 Å². The summed E-state index contributed by atoms with van der Waals surface area (Å²) in [7, 11) is 0. The molecule has 0 aliphatic heterocycles. The number of hydrogen-bond acceptors (Lipinski definition) is 2. The van der Waals surface area contributed by atoms with Gasteiger partial charge in [0, 0.05) is 0 Å². The summed E-state index contributed by atoms with van der Waals surface area (Å²) in [5.41, 5.74) is 0.558. The zero-order valence-electron chi connectivity index (χ0n) is 7.64. The van der Waals surface area contributed by atoms with Gasteiger partial charge in [0.15, 0.2) is 6.10 Å². The van der Waals surface area contributed by atoms with Crippen molar-refractivity contribution in [1.29, 1.82) is 0 Å². The maximum Gasteiger partial charge on any atom is 0.337 e. The number of carbonyl (C=O) groups is 1. The Labute approximate surface area is 80.8 Å². The lowest BCUT2D eigenvalue weighted by molar-refractivity contribution is -0.146. The molecule has 1 aromatic carbocycles. The van der Waals surface area contributed by atoms with Crippen molar-refractivity contribution in [2.75, 3.05) is 0 Å². The number of aliphatic hydroxyl groups is 1. The predicted octanol–water partition coefficient (Wildman–Crippen LogP) is 1.84. The quantitative estimate of drug-likeness (QED) is 0.779. The van der Waals surface area contributed by atoms with Crippen LogP contribution in [0.3, 0.4) is 0 Å². The average molecular weight is 198 g/mol. The number of aliphatic carboxylic acids is 1. The van der Waals surface area contributed by atoms with Crippen molar-refractivity contribution >= 4 is 5.97 Å². The fraction of sp³-hybridized carbons (Fsp3) is 0.300. The van der Waals surface area contributed by atoms with E-state index in [0.717, 1.165) is 0 Å². The first-order valence-corrected chi connectivity index (χ1v) is 4.17. The molecular formula is C10H11FO3. The average Bonchev–Trinajstić information content (AvgIpc) is 2.16. The first-order valence-electron chi connectivity index (χ1n) is 4.17. The molecule has 4 heteroatoms. The Kier molecular flexibility index (Phi) is 3.19. The molecule has 1 aromatic rings. The first kappa shape index (κ1) is 10.7. The molecule has 0 fully saturated rings. The van der Waals surface area contributed by atoms with E-state index in [0.29, 0.717) is 5.56 Å².